The standard InChI is InChI=1S/C15H17N/c1-4-11-8-13-9(2)7-10(3)14(13)15-12(11)5-6-16-15/h5-8,10,16H,4H2,1-3H3. The Morgan fingerprint density at radius 2 is 2.19 bits per heavy atom. The van der Waals surface area contributed by atoms with Crippen molar-refractivity contribution in [3.8, 4) is 0 Å². The summed E-state index contributed by atoms with van der Waals surface area (Å²) in [6, 6.07) is 4.58. The largest absolute Gasteiger partial charge is 0.361 e. The van der Waals surface area contributed by atoms with Crippen LogP contribution in [0.15, 0.2) is 24.4 Å². The molecule has 0 radical (unpaired) electrons. The van der Waals surface area contributed by atoms with Gasteiger partial charge in [-0.2, -0.15) is 0 Å². The van der Waals surface area contributed by atoms with Crippen LogP contribution in [0.25, 0.3) is 16.5 Å². The number of allylic oxidation sites excluding steroid dienone is 2. The summed E-state index contributed by atoms with van der Waals surface area (Å²) in [4.78, 5) is 3.41. The number of fused-ring (bicyclic) bond motifs is 3. The molecule has 0 bridgehead atoms. The van der Waals surface area contributed by atoms with E-state index in [4.69, 9.17) is 0 Å². The molecule has 0 saturated heterocycles. The number of hydrogen-bond acceptors (Lipinski definition) is 0. The molecule has 2 aromatic rings. The van der Waals surface area contributed by atoms with Crippen LogP contribution in [0.1, 0.15) is 43.4 Å². The minimum atomic E-state index is 0.544. The third-order valence-corrected chi connectivity index (χ3v) is 3.73. The van der Waals surface area contributed by atoms with Gasteiger partial charge in [0.15, 0.2) is 0 Å². The van der Waals surface area contributed by atoms with E-state index in [1.165, 1.54) is 33.2 Å². The summed E-state index contributed by atoms with van der Waals surface area (Å²) in [6.07, 6.45) is 5.53. The summed E-state index contributed by atoms with van der Waals surface area (Å²) in [5.41, 5.74) is 7.15. The lowest BCUT2D eigenvalue weighted by Gasteiger charge is -2.11. The summed E-state index contributed by atoms with van der Waals surface area (Å²) in [5.74, 6) is 0.544. The fourth-order valence-corrected chi connectivity index (χ4v) is 2.96. The molecular formula is C15H17N. The normalized spacial score (nSPS) is 18.9. The third kappa shape index (κ3) is 1.12. The molecular weight excluding hydrogens is 194 g/mol. The average molecular weight is 211 g/mol. The topological polar surface area (TPSA) is 15.8 Å². The van der Waals surface area contributed by atoms with Crippen LogP contribution in [0.2, 0.25) is 0 Å². The molecule has 82 valence electrons. The number of rotatable bonds is 1. The van der Waals surface area contributed by atoms with Gasteiger partial charge in [0.25, 0.3) is 0 Å². The van der Waals surface area contributed by atoms with E-state index in [-0.39, 0.29) is 0 Å². The molecule has 0 saturated carbocycles. The molecule has 1 aromatic heterocycles. The van der Waals surface area contributed by atoms with Crippen molar-refractivity contribution in [3.05, 3.63) is 41.1 Å². The maximum absolute atomic E-state index is 3.41. The molecule has 1 heteroatoms. The Bertz CT molecular complexity index is 587. The summed E-state index contributed by atoms with van der Waals surface area (Å²) < 4.78 is 0. The summed E-state index contributed by atoms with van der Waals surface area (Å²) in [5, 5.41) is 1.40. The third-order valence-electron chi connectivity index (χ3n) is 3.73. The molecule has 0 amide bonds. The summed E-state index contributed by atoms with van der Waals surface area (Å²) in [7, 11) is 0. The molecule has 1 aromatic carbocycles. The van der Waals surface area contributed by atoms with Crippen LogP contribution in [0, 0.1) is 0 Å². The smallest absolute Gasteiger partial charge is 0.0501 e. The van der Waals surface area contributed by atoms with Gasteiger partial charge >= 0.3 is 0 Å². The van der Waals surface area contributed by atoms with Gasteiger partial charge in [-0.05, 0) is 41.7 Å². The number of H-pyrrole nitrogens is 1. The van der Waals surface area contributed by atoms with Crippen LogP contribution in [0.5, 0.6) is 0 Å². The van der Waals surface area contributed by atoms with Gasteiger partial charge < -0.3 is 4.98 Å². The Kier molecular flexibility index (Phi) is 1.97. The van der Waals surface area contributed by atoms with E-state index in [1.807, 2.05) is 0 Å². The van der Waals surface area contributed by atoms with Crippen molar-refractivity contribution in [2.45, 2.75) is 33.1 Å². The van der Waals surface area contributed by atoms with E-state index in [0.717, 1.165) is 6.42 Å². The highest BCUT2D eigenvalue weighted by Gasteiger charge is 2.22. The Hall–Kier alpha value is -1.50. The van der Waals surface area contributed by atoms with Crippen molar-refractivity contribution < 1.29 is 0 Å². The first-order valence-corrected chi connectivity index (χ1v) is 6.04. The lowest BCUT2D eigenvalue weighted by Crippen LogP contribution is -1.93. The van der Waals surface area contributed by atoms with Gasteiger partial charge in [-0.3, -0.25) is 0 Å². The summed E-state index contributed by atoms with van der Waals surface area (Å²) in [6.45, 7) is 6.73. The SMILES string of the molecule is CCc1cc2c(c3[nH]ccc13)C(C)C=C2C. The average Bonchev–Trinajstić information content (AvgIpc) is 2.83. The molecule has 1 nitrogen and oxygen atoms in total. The lowest BCUT2D eigenvalue weighted by molar-refractivity contribution is 0.995. The lowest BCUT2D eigenvalue weighted by atomic mass is 9.94. The Morgan fingerprint density at radius 3 is 2.94 bits per heavy atom. The number of aryl methyl sites for hydroxylation is 1. The second-order valence-corrected chi connectivity index (χ2v) is 4.76. The van der Waals surface area contributed by atoms with Crippen LogP contribution in [0.3, 0.4) is 0 Å². The van der Waals surface area contributed by atoms with Crippen LogP contribution >= 0.6 is 0 Å². The fraction of sp³-hybridized carbons (Fsp3) is 0.333. The van der Waals surface area contributed by atoms with E-state index in [2.05, 4.69) is 50.2 Å². The molecule has 0 spiro atoms. The number of benzene rings is 1. The molecule has 0 fully saturated rings. The molecule has 1 aliphatic carbocycles. The number of hydrogen-bond donors (Lipinski definition) is 1. The highest BCUT2D eigenvalue weighted by Crippen LogP contribution is 2.40. The van der Waals surface area contributed by atoms with E-state index >= 15 is 0 Å². The first kappa shape index (κ1) is 9.71. The van der Waals surface area contributed by atoms with Crippen LogP contribution < -0.4 is 0 Å². The number of aromatic amines is 1. The predicted molar refractivity (Wildman–Crippen MR) is 69.7 cm³/mol. The van der Waals surface area contributed by atoms with Crippen molar-refractivity contribution in [1.82, 2.24) is 4.98 Å². The van der Waals surface area contributed by atoms with E-state index in [1.54, 1.807) is 0 Å². The summed E-state index contributed by atoms with van der Waals surface area (Å²) >= 11 is 0. The molecule has 1 heterocycles. The van der Waals surface area contributed by atoms with Gasteiger partial charge in [0, 0.05) is 17.5 Å². The molecule has 1 unspecified atom stereocenters. The van der Waals surface area contributed by atoms with Crippen molar-refractivity contribution in [3.63, 3.8) is 0 Å². The first-order chi connectivity index (χ1) is 7.72. The van der Waals surface area contributed by atoms with Crippen LogP contribution in [0.4, 0.5) is 0 Å². The minimum Gasteiger partial charge on any atom is -0.361 e. The van der Waals surface area contributed by atoms with Gasteiger partial charge in [0.2, 0.25) is 0 Å². The van der Waals surface area contributed by atoms with Gasteiger partial charge in [-0.15, -0.1) is 0 Å². The monoisotopic (exact) mass is 211 g/mol. The molecule has 1 N–H and O–H groups in total. The molecule has 3 rings (SSSR count). The zero-order valence-electron chi connectivity index (χ0n) is 10.1. The second kappa shape index (κ2) is 3.24. The van der Waals surface area contributed by atoms with Gasteiger partial charge in [-0.25, -0.2) is 0 Å². The van der Waals surface area contributed by atoms with Crippen molar-refractivity contribution >= 4 is 16.5 Å². The van der Waals surface area contributed by atoms with Crippen molar-refractivity contribution in [1.29, 1.82) is 0 Å². The van der Waals surface area contributed by atoms with E-state index < -0.39 is 0 Å². The molecule has 16 heavy (non-hydrogen) atoms. The maximum atomic E-state index is 3.41. The van der Waals surface area contributed by atoms with Crippen molar-refractivity contribution in [2.75, 3.05) is 0 Å². The van der Waals surface area contributed by atoms with Gasteiger partial charge in [0.05, 0.1) is 5.52 Å². The Balaban J connectivity index is 2.42. The van der Waals surface area contributed by atoms with E-state index in [0.29, 0.717) is 5.92 Å². The predicted octanol–water partition coefficient (Wildman–Crippen LogP) is 4.25. The second-order valence-electron chi connectivity index (χ2n) is 4.76. The molecule has 1 atom stereocenters. The first-order valence-electron chi connectivity index (χ1n) is 6.04. The Morgan fingerprint density at radius 1 is 1.38 bits per heavy atom. The maximum Gasteiger partial charge on any atom is 0.0501 e. The highest BCUT2D eigenvalue weighted by atomic mass is 14.7. The zero-order chi connectivity index (χ0) is 11.3. The quantitative estimate of drug-likeness (QED) is 0.725. The van der Waals surface area contributed by atoms with Gasteiger partial charge in [-0.1, -0.05) is 26.0 Å². The van der Waals surface area contributed by atoms with Gasteiger partial charge in [0.1, 0.15) is 0 Å². The van der Waals surface area contributed by atoms with Crippen LogP contribution in [-0.2, 0) is 6.42 Å². The molecule has 1 aliphatic rings. The van der Waals surface area contributed by atoms with Crippen LogP contribution in [-0.4, -0.2) is 4.98 Å². The Labute approximate surface area is 96.2 Å². The zero-order valence-corrected chi connectivity index (χ0v) is 10.1. The van der Waals surface area contributed by atoms with Crippen molar-refractivity contribution in [2.24, 2.45) is 0 Å². The minimum absolute atomic E-state index is 0.544. The van der Waals surface area contributed by atoms with E-state index in [9.17, 15) is 0 Å². The highest BCUT2D eigenvalue weighted by molar-refractivity contribution is 5.93. The fourth-order valence-electron chi connectivity index (χ4n) is 2.96. The number of nitrogens with one attached hydrogen (secondary N) is 1. The number of aromatic nitrogens is 1. The molecule has 0 aliphatic heterocycles.